The smallest absolute Gasteiger partial charge is 0.244 e. The zero-order chi connectivity index (χ0) is 36.4. The number of nitrogens with zero attached hydrogens (tertiary/aromatic N) is 1. The van der Waals surface area contributed by atoms with E-state index in [0.717, 1.165) is 75.5 Å². The topological polar surface area (TPSA) is 190 Å². The van der Waals surface area contributed by atoms with Crippen molar-refractivity contribution in [2.24, 2.45) is 23.3 Å². The van der Waals surface area contributed by atoms with E-state index in [0.29, 0.717) is 25.7 Å². The third kappa shape index (κ3) is 9.98. The van der Waals surface area contributed by atoms with Gasteiger partial charge in [0, 0.05) is 25.3 Å². The first-order valence-electron chi connectivity index (χ1n) is 19.4. The molecule has 0 aromatic heterocycles. The summed E-state index contributed by atoms with van der Waals surface area (Å²) in [5, 5.41) is 12.5. The highest BCUT2D eigenvalue weighted by Crippen LogP contribution is 2.36. The first-order chi connectivity index (χ1) is 24.0. The lowest BCUT2D eigenvalue weighted by Crippen LogP contribution is -2.63. The van der Waals surface area contributed by atoms with E-state index in [1.165, 1.54) is 0 Å². The Morgan fingerprint density at radius 1 is 0.840 bits per heavy atom. The first-order valence-corrected chi connectivity index (χ1v) is 19.4. The number of nitrogens with one attached hydrogen (secondary N) is 4. The molecule has 3 fully saturated rings. The van der Waals surface area contributed by atoms with Crippen LogP contribution < -0.4 is 32.7 Å². The maximum atomic E-state index is 14.2. The van der Waals surface area contributed by atoms with Crippen LogP contribution in [0.3, 0.4) is 0 Å². The van der Waals surface area contributed by atoms with Crippen LogP contribution in [0.15, 0.2) is 11.3 Å². The quantitative estimate of drug-likeness (QED) is 0.155. The Bertz CT molecular complexity index is 1190. The van der Waals surface area contributed by atoms with Crippen LogP contribution in [0.5, 0.6) is 0 Å². The van der Waals surface area contributed by atoms with Crippen LogP contribution in [0.1, 0.15) is 118 Å². The summed E-state index contributed by atoms with van der Waals surface area (Å²) in [7, 11) is 1.68. The zero-order valence-corrected chi connectivity index (χ0v) is 31.1. The Morgan fingerprint density at radius 2 is 1.56 bits per heavy atom. The molecular formula is C37H65N7O6. The lowest BCUT2D eigenvalue weighted by atomic mass is 9.78. The van der Waals surface area contributed by atoms with E-state index in [9.17, 15) is 19.2 Å². The maximum absolute atomic E-state index is 14.2. The van der Waals surface area contributed by atoms with Gasteiger partial charge in [-0.1, -0.05) is 78.6 Å². The molecule has 0 radical (unpaired) electrons. The van der Waals surface area contributed by atoms with E-state index < -0.39 is 54.2 Å². The number of carbonyl (C=O) groups excluding carboxylic acids is 4. The third-order valence-corrected chi connectivity index (χ3v) is 11.2. The second-order valence-corrected chi connectivity index (χ2v) is 15.0. The lowest BCUT2D eigenvalue weighted by molar-refractivity contribution is -0.149. The number of carbonyl (C=O) groups is 4. The van der Waals surface area contributed by atoms with Gasteiger partial charge in [-0.2, -0.15) is 0 Å². The SMILES string of the molecule is CCCCCC[C@H]1O[C@@H](C)NC2=C3[C@H](N)C[C@H]3OC[C@@H]2NC(=O)[C@H](CN)NC(=O)[C@H](C2CCCCCC2)NC(=O)[C@H](CCC)N(C)C(=O)[C@@H]1C. The van der Waals surface area contributed by atoms with Crippen molar-refractivity contribution in [1.82, 2.24) is 26.2 Å². The number of hydrogen-bond acceptors (Lipinski definition) is 9. The van der Waals surface area contributed by atoms with Gasteiger partial charge in [-0.3, -0.25) is 19.2 Å². The van der Waals surface area contributed by atoms with Gasteiger partial charge in [0.15, 0.2) is 0 Å². The standard InChI is InChI=1S/C37H65N7O6/c1-6-8-9-14-18-29-22(3)37(48)44(5)28(15-7-2)35(46)43-32(24-16-12-10-11-13-17-24)36(47)41-26(20-38)34(45)42-27-21-49-30-19-25(39)31(30)33(27)40-23(4)50-29/h22-30,32,40H,6-21,38-39H2,1-5H3,(H,41,47)(H,42,45)(H,43,46)/t22-,23+,25-,26+,27+,28+,29-,30-,32+/m1/s1. The summed E-state index contributed by atoms with van der Waals surface area (Å²) in [5.74, 6) is -2.08. The molecule has 2 aliphatic heterocycles. The summed E-state index contributed by atoms with van der Waals surface area (Å²) < 4.78 is 12.7. The highest BCUT2D eigenvalue weighted by Gasteiger charge is 2.44. The number of amides is 4. The molecule has 9 atom stereocenters. The van der Waals surface area contributed by atoms with Crippen molar-refractivity contribution in [2.75, 3.05) is 20.2 Å². The van der Waals surface area contributed by atoms with E-state index in [1.807, 2.05) is 20.8 Å². The molecule has 0 aromatic carbocycles. The zero-order valence-electron chi connectivity index (χ0n) is 31.1. The summed E-state index contributed by atoms with van der Waals surface area (Å²) in [6.07, 6.45) is 11.1. The minimum atomic E-state index is -1.04. The first kappa shape index (κ1) is 40.0. The van der Waals surface area contributed by atoms with E-state index in [-0.39, 0.29) is 43.0 Å². The van der Waals surface area contributed by atoms with Crippen molar-refractivity contribution in [2.45, 2.75) is 166 Å². The summed E-state index contributed by atoms with van der Waals surface area (Å²) in [5.41, 5.74) is 14.2. The Balaban J connectivity index is 1.72. The maximum Gasteiger partial charge on any atom is 0.244 e. The molecule has 2 saturated carbocycles. The fourth-order valence-corrected chi connectivity index (χ4v) is 8.08. The van der Waals surface area contributed by atoms with Crippen molar-refractivity contribution >= 4 is 23.6 Å². The second-order valence-electron chi connectivity index (χ2n) is 15.0. The number of ether oxygens (including phenoxy) is 2. The van der Waals surface area contributed by atoms with Crippen LogP contribution in [-0.2, 0) is 28.7 Å². The van der Waals surface area contributed by atoms with Gasteiger partial charge in [0.1, 0.15) is 24.4 Å². The summed E-state index contributed by atoms with van der Waals surface area (Å²) in [6, 6.07) is -3.48. The molecule has 2 aliphatic carbocycles. The molecule has 284 valence electrons. The number of fused-ring (bicyclic) bond motifs is 2. The molecule has 0 spiro atoms. The Hall–Kier alpha value is -2.74. The molecule has 13 heteroatoms. The van der Waals surface area contributed by atoms with Gasteiger partial charge in [-0.25, -0.2) is 0 Å². The van der Waals surface area contributed by atoms with Crippen molar-refractivity contribution in [1.29, 1.82) is 0 Å². The lowest BCUT2D eigenvalue weighted by Gasteiger charge is -2.45. The second kappa shape index (κ2) is 19.2. The number of rotatable bonds is 9. The van der Waals surface area contributed by atoms with Gasteiger partial charge in [0.2, 0.25) is 23.6 Å². The predicted molar refractivity (Wildman–Crippen MR) is 192 cm³/mol. The number of hydrogen-bond donors (Lipinski definition) is 6. The van der Waals surface area contributed by atoms with Crippen LogP contribution in [0, 0.1) is 11.8 Å². The van der Waals surface area contributed by atoms with Crippen molar-refractivity contribution in [3.05, 3.63) is 11.3 Å². The molecule has 0 unspecified atom stereocenters. The molecule has 2 heterocycles. The number of likely N-dealkylation sites (N-methyl/N-ethyl adjacent to an activating group) is 1. The average Bonchev–Trinajstić information content (AvgIpc) is 3.38. The number of nitrogens with two attached hydrogens (primary N) is 2. The highest BCUT2D eigenvalue weighted by atomic mass is 16.5. The van der Waals surface area contributed by atoms with Gasteiger partial charge >= 0.3 is 0 Å². The van der Waals surface area contributed by atoms with Crippen molar-refractivity contribution in [3.8, 4) is 0 Å². The van der Waals surface area contributed by atoms with Gasteiger partial charge in [0.25, 0.3) is 0 Å². The molecule has 4 aliphatic rings. The van der Waals surface area contributed by atoms with Crippen LogP contribution in [0.25, 0.3) is 0 Å². The minimum absolute atomic E-state index is 0.109. The highest BCUT2D eigenvalue weighted by molar-refractivity contribution is 5.94. The van der Waals surface area contributed by atoms with Gasteiger partial charge in [-0.15, -0.1) is 0 Å². The molecule has 4 rings (SSSR count). The van der Waals surface area contributed by atoms with Gasteiger partial charge < -0.3 is 47.1 Å². The minimum Gasteiger partial charge on any atom is -0.371 e. The summed E-state index contributed by atoms with van der Waals surface area (Å²) in [6.45, 7) is 7.99. The van der Waals surface area contributed by atoms with E-state index in [4.69, 9.17) is 20.9 Å². The third-order valence-electron chi connectivity index (χ3n) is 11.2. The molecule has 8 N–H and O–H groups in total. The molecule has 50 heavy (non-hydrogen) atoms. The van der Waals surface area contributed by atoms with Crippen LogP contribution >= 0.6 is 0 Å². The largest absolute Gasteiger partial charge is 0.371 e. The predicted octanol–water partition coefficient (Wildman–Crippen LogP) is 2.32. The van der Waals surface area contributed by atoms with Gasteiger partial charge in [-0.05, 0) is 50.5 Å². The average molecular weight is 704 g/mol. The van der Waals surface area contributed by atoms with E-state index in [2.05, 4.69) is 28.2 Å². The molecule has 1 saturated heterocycles. The fraction of sp³-hybridized carbons (Fsp3) is 0.838. The Kier molecular flexibility index (Phi) is 15.4. The fourth-order valence-electron chi connectivity index (χ4n) is 8.08. The molecule has 0 bridgehead atoms. The van der Waals surface area contributed by atoms with Crippen LogP contribution in [-0.4, -0.2) is 97.4 Å². The van der Waals surface area contributed by atoms with Crippen LogP contribution in [0.2, 0.25) is 0 Å². The molecule has 4 amide bonds. The molecular weight excluding hydrogens is 638 g/mol. The monoisotopic (exact) mass is 703 g/mol. The van der Waals surface area contributed by atoms with E-state index >= 15 is 0 Å². The normalized spacial score (nSPS) is 34.1. The molecule has 13 nitrogen and oxygen atoms in total. The van der Waals surface area contributed by atoms with Crippen LogP contribution in [0.4, 0.5) is 0 Å². The summed E-state index contributed by atoms with van der Waals surface area (Å²) in [4.78, 5) is 57.8. The van der Waals surface area contributed by atoms with E-state index in [1.54, 1.807) is 11.9 Å². The number of unbranched alkanes of at least 4 members (excludes halogenated alkanes) is 3. The van der Waals surface area contributed by atoms with Gasteiger partial charge in [0.05, 0.1) is 30.8 Å². The molecule has 0 aromatic rings. The van der Waals surface area contributed by atoms with Crippen molar-refractivity contribution in [3.63, 3.8) is 0 Å². The Labute approximate surface area is 299 Å². The summed E-state index contributed by atoms with van der Waals surface area (Å²) >= 11 is 0. The Morgan fingerprint density at radius 3 is 2.20 bits per heavy atom. The van der Waals surface area contributed by atoms with Crippen molar-refractivity contribution < 1.29 is 28.7 Å².